The van der Waals surface area contributed by atoms with E-state index in [2.05, 4.69) is 35.0 Å². The smallest absolute Gasteiger partial charge is 0.282 e. The van der Waals surface area contributed by atoms with Gasteiger partial charge in [-0.1, -0.05) is 0 Å². The SMILES string of the molecule is CS(=O)NCC1CN(c2cc(-c3cnc4ccc(C(F)F)nn34)ncn2)CCN1. The third kappa shape index (κ3) is 4.38. The molecule has 1 aliphatic heterocycles. The number of aromatic nitrogens is 5. The van der Waals surface area contributed by atoms with E-state index in [1.165, 1.54) is 23.0 Å². The van der Waals surface area contributed by atoms with Crippen LogP contribution in [0.1, 0.15) is 12.1 Å². The van der Waals surface area contributed by atoms with E-state index in [1.807, 2.05) is 0 Å². The van der Waals surface area contributed by atoms with E-state index >= 15 is 0 Å². The minimum absolute atomic E-state index is 0.122. The molecule has 9 nitrogen and oxygen atoms in total. The molecule has 1 aliphatic rings. The molecular weight excluding hydrogens is 402 g/mol. The maximum Gasteiger partial charge on any atom is 0.282 e. The molecule has 29 heavy (non-hydrogen) atoms. The predicted octanol–water partition coefficient (Wildman–Crippen LogP) is 0.785. The molecule has 0 aliphatic carbocycles. The molecule has 4 heterocycles. The van der Waals surface area contributed by atoms with Gasteiger partial charge in [-0.2, -0.15) is 5.10 Å². The first-order chi connectivity index (χ1) is 14.0. The number of nitrogens with one attached hydrogen (secondary N) is 2. The van der Waals surface area contributed by atoms with Crippen molar-refractivity contribution < 1.29 is 13.0 Å². The molecule has 0 saturated carbocycles. The number of anilines is 1. The summed E-state index contributed by atoms with van der Waals surface area (Å²) in [5.74, 6) is 0.721. The summed E-state index contributed by atoms with van der Waals surface area (Å²) in [6.45, 7) is 2.77. The molecule has 4 rings (SSSR count). The molecule has 1 fully saturated rings. The number of alkyl halides is 2. The lowest BCUT2D eigenvalue weighted by molar-refractivity contribution is 0.144. The fraction of sp³-hybridized carbons (Fsp3) is 0.412. The quantitative estimate of drug-likeness (QED) is 0.606. The van der Waals surface area contributed by atoms with Crippen LogP contribution in [0.2, 0.25) is 0 Å². The lowest BCUT2D eigenvalue weighted by atomic mass is 10.2. The lowest BCUT2D eigenvalue weighted by Crippen LogP contribution is -2.54. The van der Waals surface area contributed by atoms with E-state index in [-0.39, 0.29) is 11.7 Å². The van der Waals surface area contributed by atoms with Gasteiger partial charge in [0, 0.05) is 44.5 Å². The summed E-state index contributed by atoms with van der Waals surface area (Å²) in [7, 11) is -1.07. The molecule has 2 N–H and O–H groups in total. The predicted molar refractivity (Wildman–Crippen MR) is 105 cm³/mol. The minimum Gasteiger partial charge on any atom is -0.354 e. The maximum absolute atomic E-state index is 13.0. The van der Waals surface area contributed by atoms with E-state index in [4.69, 9.17) is 0 Å². The van der Waals surface area contributed by atoms with Gasteiger partial charge in [0.05, 0.1) is 22.9 Å². The van der Waals surface area contributed by atoms with Gasteiger partial charge < -0.3 is 10.2 Å². The number of imidazole rings is 1. The summed E-state index contributed by atoms with van der Waals surface area (Å²) in [5, 5.41) is 7.37. The number of halogens is 2. The van der Waals surface area contributed by atoms with Crippen molar-refractivity contribution >= 4 is 22.5 Å². The average Bonchev–Trinajstić information content (AvgIpc) is 3.16. The van der Waals surface area contributed by atoms with Crippen molar-refractivity contribution in [2.45, 2.75) is 12.5 Å². The van der Waals surface area contributed by atoms with Gasteiger partial charge in [0.2, 0.25) is 0 Å². The fourth-order valence-electron chi connectivity index (χ4n) is 3.23. The number of rotatable bonds is 6. The monoisotopic (exact) mass is 422 g/mol. The Balaban J connectivity index is 1.60. The second kappa shape index (κ2) is 8.43. The third-order valence-corrected chi connectivity index (χ3v) is 5.21. The van der Waals surface area contributed by atoms with Gasteiger partial charge in [-0.15, -0.1) is 0 Å². The fourth-order valence-corrected chi connectivity index (χ4v) is 3.66. The van der Waals surface area contributed by atoms with Crippen LogP contribution in [0.4, 0.5) is 14.6 Å². The van der Waals surface area contributed by atoms with Gasteiger partial charge in [-0.05, 0) is 12.1 Å². The van der Waals surface area contributed by atoms with E-state index in [0.717, 1.165) is 18.9 Å². The van der Waals surface area contributed by atoms with Crippen LogP contribution in [0.25, 0.3) is 17.0 Å². The highest BCUT2D eigenvalue weighted by Crippen LogP contribution is 2.23. The average molecular weight is 422 g/mol. The van der Waals surface area contributed by atoms with Gasteiger partial charge in [0.15, 0.2) is 5.65 Å². The molecule has 1 saturated heterocycles. The zero-order valence-electron chi connectivity index (χ0n) is 15.6. The molecule has 0 radical (unpaired) electrons. The molecular formula is C17H20F2N8OS. The van der Waals surface area contributed by atoms with Crippen LogP contribution < -0.4 is 14.9 Å². The summed E-state index contributed by atoms with van der Waals surface area (Å²) >= 11 is 0. The summed E-state index contributed by atoms with van der Waals surface area (Å²) in [5.41, 5.74) is 1.20. The van der Waals surface area contributed by atoms with E-state index in [1.54, 1.807) is 18.5 Å². The molecule has 0 aromatic carbocycles. The Morgan fingerprint density at radius 2 is 2.21 bits per heavy atom. The van der Waals surface area contributed by atoms with Crippen molar-refractivity contribution in [3.63, 3.8) is 0 Å². The second-order valence-electron chi connectivity index (χ2n) is 6.63. The molecule has 12 heteroatoms. The van der Waals surface area contributed by atoms with Crippen molar-refractivity contribution in [2.75, 3.05) is 37.3 Å². The summed E-state index contributed by atoms with van der Waals surface area (Å²) in [6.07, 6.45) is 1.93. The highest BCUT2D eigenvalue weighted by Gasteiger charge is 2.21. The Morgan fingerprint density at radius 3 is 3.00 bits per heavy atom. The van der Waals surface area contributed by atoms with E-state index in [9.17, 15) is 13.0 Å². The topological polar surface area (TPSA) is 100 Å². The van der Waals surface area contributed by atoms with Gasteiger partial charge in [0.1, 0.15) is 23.5 Å². The first kappa shape index (κ1) is 19.7. The lowest BCUT2D eigenvalue weighted by Gasteiger charge is -2.34. The normalized spacial score (nSPS) is 18.5. The highest BCUT2D eigenvalue weighted by atomic mass is 32.2. The van der Waals surface area contributed by atoms with Gasteiger partial charge in [0.25, 0.3) is 6.43 Å². The minimum atomic E-state index is -2.67. The molecule has 2 atom stereocenters. The zero-order valence-corrected chi connectivity index (χ0v) is 16.4. The summed E-state index contributed by atoms with van der Waals surface area (Å²) in [6, 6.07) is 4.69. The molecule has 0 bridgehead atoms. The number of hydrogen-bond donors (Lipinski definition) is 2. The van der Waals surface area contributed by atoms with Crippen LogP contribution in [0, 0.1) is 0 Å². The second-order valence-corrected chi connectivity index (χ2v) is 7.83. The molecule has 0 spiro atoms. The van der Waals surface area contributed by atoms with Crippen LogP contribution in [-0.2, 0) is 11.0 Å². The van der Waals surface area contributed by atoms with Crippen LogP contribution >= 0.6 is 0 Å². The first-order valence-corrected chi connectivity index (χ1v) is 10.6. The Kier molecular flexibility index (Phi) is 5.74. The van der Waals surface area contributed by atoms with E-state index < -0.39 is 17.4 Å². The standard InChI is InChI=1S/C17H20F2N8OS/c1-29(28)24-7-11-9-26(5-4-20-11)16-6-13(22-10-23-16)14-8-21-15-3-2-12(17(18)19)25-27(14)15/h2-3,6,8,10-11,17,20,24H,4-5,7,9H2,1H3. The van der Waals surface area contributed by atoms with Crippen molar-refractivity contribution in [1.29, 1.82) is 0 Å². The van der Waals surface area contributed by atoms with Crippen molar-refractivity contribution in [1.82, 2.24) is 34.6 Å². The Labute approximate surface area is 168 Å². The van der Waals surface area contributed by atoms with Crippen molar-refractivity contribution in [3.8, 4) is 11.4 Å². The Hall–Kier alpha value is -2.57. The molecule has 0 amide bonds. The maximum atomic E-state index is 13.0. The van der Waals surface area contributed by atoms with Crippen molar-refractivity contribution in [3.05, 3.63) is 36.4 Å². The van der Waals surface area contributed by atoms with Gasteiger partial charge >= 0.3 is 0 Å². The van der Waals surface area contributed by atoms with Gasteiger partial charge in [-0.3, -0.25) is 0 Å². The van der Waals surface area contributed by atoms with Crippen molar-refractivity contribution in [2.24, 2.45) is 0 Å². The summed E-state index contributed by atoms with van der Waals surface area (Å²) in [4.78, 5) is 15.0. The number of nitrogens with zero attached hydrogens (tertiary/aromatic N) is 6. The van der Waals surface area contributed by atoms with Crippen LogP contribution in [0.3, 0.4) is 0 Å². The highest BCUT2D eigenvalue weighted by molar-refractivity contribution is 7.82. The molecule has 2 unspecified atom stereocenters. The number of hydrogen-bond acceptors (Lipinski definition) is 7. The molecule has 3 aromatic heterocycles. The van der Waals surface area contributed by atoms with Crippen LogP contribution in [-0.4, -0.2) is 67.3 Å². The van der Waals surface area contributed by atoms with E-state index in [0.29, 0.717) is 30.1 Å². The Morgan fingerprint density at radius 1 is 1.34 bits per heavy atom. The first-order valence-electron chi connectivity index (χ1n) is 9.02. The Bertz CT molecular complexity index is 1030. The third-order valence-electron chi connectivity index (χ3n) is 4.63. The van der Waals surface area contributed by atoms with Crippen LogP contribution in [0.15, 0.2) is 30.7 Å². The molecule has 154 valence electrons. The number of piperazine rings is 1. The van der Waals surface area contributed by atoms with Gasteiger partial charge in [-0.25, -0.2) is 37.2 Å². The van der Waals surface area contributed by atoms with Crippen LogP contribution in [0.5, 0.6) is 0 Å². The summed E-state index contributed by atoms with van der Waals surface area (Å²) < 4.78 is 41.6. The molecule has 3 aromatic rings. The largest absolute Gasteiger partial charge is 0.354 e. The zero-order chi connectivity index (χ0) is 20.4. The number of fused-ring (bicyclic) bond motifs is 1.